The molecule has 112 valence electrons. The van der Waals surface area contributed by atoms with Crippen LogP contribution in [0.5, 0.6) is 0 Å². The molecule has 2 nitrogen and oxygen atoms in total. The Hall–Kier alpha value is -0.720. The predicted molar refractivity (Wildman–Crippen MR) is 73.8 cm³/mol. The normalized spacial score (nSPS) is 18.4. The van der Waals surface area contributed by atoms with Crippen LogP contribution in [0.4, 0.5) is 13.2 Å². The van der Waals surface area contributed by atoms with Crippen molar-refractivity contribution in [3.63, 3.8) is 0 Å². The molecule has 1 aromatic carbocycles. The minimum Gasteiger partial charge on any atom is -0.393 e. The van der Waals surface area contributed by atoms with E-state index in [9.17, 15) is 18.3 Å². The Morgan fingerprint density at radius 2 is 1.95 bits per heavy atom. The van der Waals surface area contributed by atoms with Gasteiger partial charge < -0.3 is 10.0 Å². The third-order valence-corrected chi connectivity index (χ3v) is 4.37. The highest BCUT2D eigenvalue weighted by molar-refractivity contribution is 7.99. The van der Waals surface area contributed by atoms with E-state index in [1.807, 2.05) is 0 Å². The molecule has 0 saturated carbocycles. The largest absolute Gasteiger partial charge is 0.416 e. The fraction of sp³-hybridized carbons (Fsp3) is 0.571. The number of thioether (sulfide) groups is 1. The molecule has 1 N–H and O–H groups in total. The van der Waals surface area contributed by atoms with Gasteiger partial charge in [0, 0.05) is 30.3 Å². The topological polar surface area (TPSA) is 23.5 Å². The van der Waals surface area contributed by atoms with E-state index in [0.29, 0.717) is 4.90 Å². The maximum absolute atomic E-state index is 12.6. The first-order chi connectivity index (χ1) is 9.45. The van der Waals surface area contributed by atoms with Crippen molar-refractivity contribution in [3.05, 3.63) is 29.8 Å². The van der Waals surface area contributed by atoms with Gasteiger partial charge in [-0.1, -0.05) is 6.07 Å². The van der Waals surface area contributed by atoms with Crippen molar-refractivity contribution in [1.82, 2.24) is 4.90 Å². The zero-order chi connectivity index (χ0) is 14.6. The van der Waals surface area contributed by atoms with Crippen LogP contribution in [0.1, 0.15) is 18.4 Å². The molecule has 1 aliphatic heterocycles. The quantitative estimate of drug-likeness (QED) is 0.864. The van der Waals surface area contributed by atoms with Crippen molar-refractivity contribution in [1.29, 1.82) is 0 Å². The fourth-order valence-electron chi connectivity index (χ4n) is 2.20. The number of aliphatic hydroxyl groups is 1. The number of aliphatic hydroxyl groups excluding tert-OH is 1. The van der Waals surface area contributed by atoms with Crippen LogP contribution in [0.15, 0.2) is 29.2 Å². The highest BCUT2D eigenvalue weighted by Crippen LogP contribution is 2.31. The molecule has 1 aromatic rings. The molecule has 1 aliphatic rings. The average molecular weight is 305 g/mol. The highest BCUT2D eigenvalue weighted by Gasteiger charge is 2.30. The lowest BCUT2D eigenvalue weighted by Gasteiger charge is -2.29. The van der Waals surface area contributed by atoms with Crippen LogP contribution in [0.25, 0.3) is 0 Å². The number of hydrogen-bond donors (Lipinski definition) is 1. The van der Waals surface area contributed by atoms with Crippen LogP contribution in [-0.2, 0) is 6.18 Å². The summed E-state index contributed by atoms with van der Waals surface area (Å²) in [6.07, 6.45) is -2.90. The van der Waals surface area contributed by atoms with Crippen molar-refractivity contribution in [2.75, 3.05) is 25.4 Å². The molecule has 0 atom stereocenters. The van der Waals surface area contributed by atoms with Gasteiger partial charge in [-0.05, 0) is 31.0 Å². The van der Waals surface area contributed by atoms with Gasteiger partial charge in [-0.15, -0.1) is 11.8 Å². The van der Waals surface area contributed by atoms with E-state index in [-0.39, 0.29) is 6.10 Å². The summed E-state index contributed by atoms with van der Waals surface area (Å²) < 4.78 is 37.7. The van der Waals surface area contributed by atoms with Gasteiger partial charge in [0.2, 0.25) is 0 Å². The van der Waals surface area contributed by atoms with Crippen molar-refractivity contribution in [3.8, 4) is 0 Å². The van der Waals surface area contributed by atoms with E-state index in [4.69, 9.17) is 0 Å². The van der Waals surface area contributed by atoms with E-state index < -0.39 is 11.7 Å². The third-order valence-electron chi connectivity index (χ3n) is 3.39. The summed E-state index contributed by atoms with van der Waals surface area (Å²) >= 11 is 1.44. The molecule has 0 spiro atoms. The number of nitrogens with zero attached hydrogens (tertiary/aromatic N) is 1. The summed E-state index contributed by atoms with van der Waals surface area (Å²) in [6, 6.07) is 5.45. The summed E-state index contributed by atoms with van der Waals surface area (Å²) in [5.74, 6) is 0.761. The van der Waals surface area contributed by atoms with E-state index in [1.165, 1.54) is 23.9 Å². The van der Waals surface area contributed by atoms with Gasteiger partial charge in [0.1, 0.15) is 0 Å². The van der Waals surface area contributed by atoms with Gasteiger partial charge in [0.15, 0.2) is 0 Å². The first-order valence-electron chi connectivity index (χ1n) is 6.65. The monoisotopic (exact) mass is 305 g/mol. The van der Waals surface area contributed by atoms with E-state index >= 15 is 0 Å². The third kappa shape index (κ3) is 4.68. The second-order valence-corrected chi connectivity index (χ2v) is 6.12. The second kappa shape index (κ2) is 6.83. The minimum absolute atomic E-state index is 0.192. The molecule has 0 aromatic heterocycles. The molecule has 0 aliphatic carbocycles. The number of alkyl halides is 3. The first kappa shape index (κ1) is 15.7. The highest BCUT2D eigenvalue weighted by atomic mass is 32.2. The van der Waals surface area contributed by atoms with Crippen LogP contribution in [0, 0.1) is 0 Å². The van der Waals surface area contributed by atoms with Gasteiger partial charge in [0.05, 0.1) is 11.7 Å². The minimum atomic E-state index is -4.28. The van der Waals surface area contributed by atoms with Gasteiger partial charge in [0.25, 0.3) is 0 Å². The molecule has 1 saturated heterocycles. The van der Waals surface area contributed by atoms with Crippen LogP contribution in [-0.4, -0.2) is 41.5 Å². The Bertz CT molecular complexity index is 431. The summed E-state index contributed by atoms with van der Waals surface area (Å²) in [4.78, 5) is 2.89. The Kier molecular flexibility index (Phi) is 5.35. The first-order valence-corrected chi connectivity index (χ1v) is 7.64. The number of halogens is 3. The fourth-order valence-corrected chi connectivity index (χ4v) is 3.17. The summed E-state index contributed by atoms with van der Waals surface area (Å²) in [6.45, 7) is 2.57. The van der Waals surface area contributed by atoms with Crippen molar-refractivity contribution in [2.24, 2.45) is 0 Å². The van der Waals surface area contributed by atoms with E-state index in [2.05, 4.69) is 4.90 Å². The summed E-state index contributed by atoms with van der Waals surface area (Å²) in [5, 5.41) is 9.40. The van der Waals surface area contributed by atoms with Crippen LogP contribution in [0.2, 0.25) is 0 Å². The van der Waals surface area contributed by atoms with Gasteiger partial charge in [-0.25, -0.2) is 0 Å². The predicted octanol–water partition coefficient (Wildman–Crippen LogP) is 3.25. The molecule has 0 radical (unpaired) electrons. The molecular formula is C14H18F3NOS. The zero-order valence-electron chi connectivity index (χ0n) is 11.1. The van der Waals surface area contributed by atoms with E-state index in [1.54, 1.807) is 6.07 Å². The number of piperidine rings is 1. The van der Waals surface area contributed by atoms with Crippen LogP contribution >= 0.6 is 11.8 Å². The Labute approximate surface area is 121 Å². The lowest BCUT2D eigenvalue weighted by Crippen LogP contribution is -2.37. The Balaban J connectivity index is 1.79. The lowest BCUT2D eigenvalue weighted by molar-refractivity contribution is -0.137. The molecule has 2 rings (SSSR count). The molecular weight excluding hydrogens is 287 g/mol. The molecule has 6 heteroatoms. The SMILES string of the molecule is OC1CCN(CCSc2cccc(C(F)(F)F)c2)CC1. The van der Waals surface area contributed by atoms with Crippen molar-refractivity contribution < 1.29 is 18.3 Å². The van der Waals surface area contributed by atoms with Gasteiger partial charge in [-0.3, -0.25) is 0 Å². The van der Waals surface area contributed by atoms with Crippen LogP contribution in [0.3, 0.4) is 0 Å². The average Bonchev–Trinajstić information content (AvgIpc) is 2.40. The Morgan fingerprint density at radius 3 is 2.60 bits per heavy atom. The molecule has 1 fully saturated rings. The van der Waals surface area contributed by atoms with Gasteiger partial charge >= 0.3 is 6.18 Å². The number of likely N-dealkylation sites (tertiary alicyclic amines) is 1. The molecule has 20 heavy (non-hydrogen) atoms. The summed E-state index contributed by atoms with van der Waals surface area (Å²) in [5.41, 5.74) is -0.594. The lowest BCUT2D eigenvalue weighted by atomic mass is 10.1. The molecule has 1 heterocycles. The van der Waals surface area contributed by atoms with Gasteiger partial charge in [-0.2, -0.15) is 13.2 Å². The van der Waals surface area contributed by atoms with Crippen molar-refractivity contribution in [2.45, 2.75) is 30.0 Å². The second-order valence-electron chi connectivity index (χ2n) is 4.95. The van der Waals surface area contributed by atoms with E-state index in [0.717, 1.165) is 44.3 Å². The standard InChI is InChI=1S/C14H18F3NOS/c15-14(16,17)11-2-1-3-13(10-11)20-9-8-18-6-4-12(19)5-7-18/h1-3,10,12,19H,4-9H2. The Morgan fingerprint density at radius 1 is 1.25 bits per heavy atom. The molecule has 0 bridgehead atoms. The number of rotatable bonds is 4. The maximum atomic E-state index is 12.6. The van der Waals surface area contributed by atoms with Crippen molar-refractivity contribution >= 4 is 11.8 Å². The smallest absolute Gasteiger partial charge is 0.393 e. The molecule has 0 unspecified atom stereocenters. The van der Waals surface area contributed by atoms with Crippen LogP contribution < -0.4 is 0 Å². The number of benzene rings is 1. The maximum Gasteiger partial charge on any atom is 0.416 e. The zero-order valence-corrected chi connectivity index (χ0v) is 11.9. The molecule has 0 amide bonds. The summed E-state index contributed by atoms with van der Waals surface area (Å²) in [7, 11) is 0. The number of hydrogen-bond acceptors (Lipinski definition) is 3.